The van der Waals surface area contributed by atoms with E-state index in [9.17, 15) is 0 Å². The predicted octanol–water partition coefficient (Wildman–Crippen LogP) is 3.17. The smallest absolute Gasteiger partial charge is 0.0368 e. The molecule has 1 saturated heterocycles. The van der Waals surface area contributed by atoms with Crippen LogP contribution in [0, 0.1) is 5.92 Å². The Morgan fingerprint density at radius 3 is 2.38 bits per heavy atom. The summed E-state index contributed by atoms with van der Waals surface area (Å²) in [6, 6.07) is 9.42. The largest absolute Gasteiger partial charge is 0.385 e. The summed E-state index contributed by atoms with van der Waals surface area (Å²) in [5.41, 5.74) is 8.58. The van der Waals surface area contributed by atoms with E-state index in [0.717, 1.165) is 12.5 Å². The number of nitrogens with one attached hydrogen (secondary N) is 1. The van der Waals surface area contributed by atoms with Crippen LogP contribution in [0.25, 0.3) is 0 Å². The molecule has 0 amide bonds. The van der Waals surface area contributed by atoms with Crippen molar-refractivity contribution in [2.24, 2.45) is 11.7 Å². The van der Waals surface area contributed by atoms with Crippen molar-refractivity contribution in [1.29, 1.82) is 0 Å². The lowest BCUT2D eigenvalue weighted by Crippen LogP contribution is -2.32. The van der Waals surface area contributed by atoms with Gasteiger partial charge in [-0.1, -0.05) is 0 Å². The zero-order valence-corrected chi connectivity index (χ0v) is 13.6. The Balaban J connectivity index is 1.48. The first-order valence-corrected chi connectivity index (χ1v) is 9.39. The van der Waals surface area contributed by atoms with E-state index in [4.69, 9.17) is 5.73 Å². The van der Waals surface area contributed by atoms with Gasteiger partial charge in [0.2, 0.25) is 0 Å². The zero-order valence-electron chi connectivity index (χ0n) is 12.8. The molecule has 0 spiro atoms. The predicted molar refractivity (Wildman–Crippen MR) is 94.4 cm³/mol. The molecule has 3 rings (SSSR count). The van der Waals surface area contributed by atoms with Crippen LogP contribution in [0.3, 0.4) is 0 Å². The van der Waals surface area contributed by atoms with E-state index in [1.165, 1.54) is 61.7 Å². The summed E-state index contributed by atoms with van der Waals surface area (Å²) < 4.78 is 0. The lowest BCUT2D eigenvalue weighted by molar-refractivity contribution is 0.339. The number of hydrogen-bond acceptors (Lipinski definition) is 4. The average Bonchev–Trinajstić information content (AvgIpc) is 2.56. The van der Waals surface area contributed by atoms with E-state index in [1.807, 2.05) is 0 Å². The van der Waals surface area contributed by atoms with Crippen molar-refractivity contribution in [2.75, 3.05) is 41.4 Å². The number of hydrogen-bond donors (Lipinski definition) is 2. The van der Waals surface area contributed by atoms with Gasteiger partial charge in [0.25, 0.3) is 0 Å². The van der Waals surface area contributed by atoms with Crippen molar-refractivity contribution in [2.45, 2.75) is 31.7 Å². The lowest BCUT2D eigenvalue weighted by atomic mass is 9.86. The van der Waals surface area contributed by atoms with Gasteiger partial charge in [0.05, 0.1) is 0 Å². The first-order valence-electron chi connectivity index (χ1n) is 8.23. The van der Waals surface area contributed by atoms with E-state index < -0.39 is 0 Å². The maximum Gasteiger partial charge on any atom is 0.0368 e. The highest BCUT2D eigenvalue weighted by molar-refractivity contribution is 7.99. The zero-order chi connectivity index (χ0) is 14.5. The molecule has 116 valence electrons. The first-order chi connectivity index (χ1) is 10.3. The second-order valence-electron chi connectivity index (χ2n) is 6.31. The second-order valence-corrected chi connectivity index (χ2v) is 7.53. The first kappa shape index (κ1) is 15.0. The fourth-order valence-corrected chi connectivity index (χ4v) is 4.17. The van der Waals surface area contributed by atoms with Gasteiger partial charge in [0, 0.05) is 48.6 Å². The molecule has 0 atom stereocenters. The molecule has 2 fully saturated rings. The minimum absolute atomic E-state index is 0.447. The molecule has 0 unspecified atom stereocenters. The fraction of sp³-hybridized carbons (Fsp3) is 0.647. The summed E-state index contributed by atoms with van der Waals surface area (Å²) in [6.45, 7) is 3.45. The van der Waals surface area contributed by atoms with Gasteiger partial charge in [0.1, 0.15) is 0 Å². The summed E-state index contributed by atoms with van der Waals surface area (Å²) in [7, 11) is 0. The van der Waals surface area contributed by atoms with Crippen molar-refractivity contribution >= 4 is 23.1 Å². The van der Waals surface area contributed by atoms with Gasteiger partial charge in [-0.2, -0.15) is 11.8 Å². The standard InChI is InChI=1S/C17H27N3S/c18-15-3-1-14(2-4-15)13-19-16-5-7-17(8-6-16)20-9-11-21-12-10-20/h5-8,14-15,19H,1-4,9-13,18H2. The molecule has 3 N–H and O–H groups in total. The molecular weight excluding hydrogens is 278 g/mol. The maximum atomic E-state index is 5.97. The Bertz CT molecular complexity index is 420. The number of thioether (sulfide) groups is 1. The minimum Gasteiger partial charge on any atom is -0.385 e. The van der Waals surface area contributed by atoms with E-state index in [1.54, 1.807) is 0 Å². The SMILES string of the molecule is NC1CCC(CNc2ccc(N3CCSCC3)cc2)CC1. The van der Waals surface area contributed by atoms with Crippen molar-refractivity contribution in [3.05, 3.63) is 24.3 Å². The van der Waals surface area contributed by atoms with Crippen LogP contribution in [-0.4, -0.2) is 37.2 Å². The molecular formula is C17H27N3S. The number of nitrogens with zero attached hydrogens (tertiary/aromatic N) is 1. The summed E-state index contributed by atoms with van der Waals surface area (Å²) in [6.07, 6.45) is 4.94. The van der Waals surface area contributed by atoms with Crippen molar-refractivity contribution < 1.29 is 0 Å². The van der Waals surface area contributed by atoms with Gasteiger partial charge < -0.3 is 16.0 Å². The van der Waals surface area contributed by atoms with Crippen LogP contribution >= 0.6 is 11.8 Å². The van der Waals surface area contributed by atoms with Crippen LogP contribution in [-0.2, 0) is 0 Å². The average molecular weight is 305 g/mol. The Morgan fingerprint density at radius 2 is 1.71 bits per heavy atom. The molecule has 2 aliphatic rings. The molecule has 1 aromatic carbocycles. The Morgan fingerprint density at radius 1 is 1.05 bits per heavy atom. The third-order valence-corrected chi connectivity index (χ3v) is 5.67. The van der Waals surface area contributed by atoms with Gasteiger partial charge >= 0.3 is 0 Å². The van der Waals surface area contributed by atoms with Crippen molar-refractivity contribution in [1.82, 2.24) is 0 Å². The number of anilines is 2. The molecule has 0 aromatic heterocycles. The topological polar surface area (TPSA) is 41.3 Å². The third-order valence-electron chi connectivity index (χ3n) is 4.73. The summed E-state index contributed by atoms with van der Waals surface area (Å²) in [4.78, 5) is 2.49. The highest BCUT2D eigenvalue weighted by Crippen LogP contribution is 2.25. The quantitative estimate of drug-likeness (QED) is 0.896. The van der Waals surface area contributed by atoms with Crippen LogP contribution in [0.15, 0.2) is 24.3 Å². The van der Waals surface area contributed by atoms with Crippen molar-refractivity contribution in [3.63, 3.8) is 0 Å². The number of benzene rings is 1. The van der Waals surface area contributed by atoms with E-state index in [2.05, 4.69) is 46.2 Å². The Hall–Kier alpha value is -0.870. The van der Waals surface area contributed by atoms with E-state index in [-0.39, 0.29) is 0 Å². The van der Waals surface area contributed by atoms with Crippen LogP contribution in [0.4, 0.5) is 11.4 Å². The molecule has 4 heteroatoms. The van der Waals surface area contributed by atoms with Crippen LogP contribution in [0.2, 0.25) is 0 Å². The summed E-state index contributed by atoms with van der Waals surface area (Å²) in [5, 5.41) is 3.60. The van der Waals surface area contributed by atoms with E-state index in [0.29, 0.717) is 6.04 Å². The van der Waals surface area contributed by atoms with Crippen molar-refractivity contribution in [3.8, 4) is 0 Å². The Labute approximate surface area is 132 Å². The van der Waals surface area contributed by atoms with Gasteiger partial charge in [-0.25, -0.2) is 0 Å². The fourth-order valence-electron chi connectivity index (χ4n) is 3.27. The van der Waals surface area contributed by atoms with Crippen LogP contribution in [0.5, 0.6) is 0 Å². The summed E-state index contributed by atoms with van der Waals surface area (Å²) in [5.74, 6) is 3.30. The molecule has 21 heavy (non-hydrogen) atoms. The number of rotatable bonds is 4. The molecule has 1 aromatic rings. The van der Waals surface area contributed by atoms with Crippen LogP contribution in [0.1, 0.15) is 25.7 Å². The second kappa shape index (κ2) is 7.41. The summed E-state index contributed by atoms with van der Waals surface area (Å²) >= 11 is 2.06. The van der Waals surface area contributed by atoms with Gasteiger partial charge in [-0.15, -0.1) is 0 Å². The van der Waals surface area contributed by atoms with E-state index >= 15 is 0 Å². The van der Waals surface area contributed by atoms with Gasteiger partial charge in [0.15, 0.2) is 0 Å². The molecule has 0 bridgehead atoms. The monoisotopic (exact) mass is 305 g/mol. The highest BCUT2D eigenvalue weighted by atomic mass is 32.2. The normalized spacial score (nSPS) is 26.6. The number of nitrogens with two attached hydrogens (primary N) is 1. The molecule has 0 radical (unpaired) electrons. The highest BCUT2D eigenvalue weighted by Gasteiger charge is 2.18. The molecule has 1 aliphatic carbocycles. The molecule has 1 heterocycles. The molecule has 1 saturated carbocycles. The minimum atomic E-state index is 0.447. The van der Waals surface area contributed by atoms with Gasteiger partial charge in [-0.05, 0) is 55.9 Å². The Kier molecular flexibility index (Phi) is 5.31. The maximum absolute atomic E-state index is 5.97. The molecule has 1 aliphatic heterocycles. The van der Waals surface area contributed by atoms with Gasteiger partial charge in [-0.3, -0.25) is 0 Å². The third kappa shape index (κ3) is 4.30. The van der Waals surface area contributed by atoms with Crippen LogP contribution < -0.4 is 16.0 Å². The lowest BCUT2D eigenvalue weighted by Gasteiger charge is -2.29. The molecule has 3 nitrogen and oxygen atoms in total.